The van der Waals surface area contributed by atoms with E-state index in [1.807, 2.05) is 0 Å². The molecular formula is C6H6ClIN2O. The van der Waals surface area contributed by atoms with Gasteiger partial charge in [0.2, 0.25) is 0 Å². The summed E-state index contributed by atoms with van der Waals surface area (Å²) in [7, 11) is 1.59. The summed E-state index contributed by atoms with van der Waals surface area (Å²) >= 11 is 7.81. The van der Waals surface area contributed by atoms with E-state index >= 15 is 0 Å². The smallest absolute Gasteiger partial charge is 0.155 e. The van der Waals surface area contributed by atoms with Gasteiger partial charge in [0, 0.05) is 13.3 Å². The maximum absolute atomic E-state index is 5.74. The number of aromatic nitrogens is 2. The molecule has 60 valence electrons. The summed E-state index contributed by atoms with van der Waals surface area (Å²) in [6.07, 6.45) is 1.67. The summed E-state index contributed by atoms with van der Waals surface area (Å²) in [6.45, 7) is 0.399. The molecule has 1 rings (SSSR count). The lowest BCUT2D eigenvalue weighted by Gasteiger charge is -1.98. The minimum absolute atomic E-state index is 0.399. The maximum atomic E-state index is 5.74. The first-order chi connectivity index (χ1) is 5.24. The van der Waals surface area contributed by atoms with Crippen LogP contribution in [0.3, 0.4) is 0 Å². The fourth-order valence-electron chi connectivity index (χ4n) is 0.579. The molecule has 0 spiro atoms. The molecule has 11 heavy (non-hydrogen) atoms. The second-order valence-electron chi connectivity index (χ2n) is 1.86. The van der Waals surface area contributed by atoms with Gasteiger partial charge < -0.3 is 4.74 Å². The van der Waals surface area contributed by atoms with Crippen molar-refractivity contribution in [3.8, 4) is 0 Å². The Morgan fingerprint density at radius 1 is 1.73 bits per heavy atom. The Morgan fingerprint density at radius 3 is 3.00 bits per heavy atom. The molecule has 5 heteroatoms. The van der Waals surface area contributed by atoms with Crippen molar-refractivity contribution in [1.82, 2.24) is 9.97 Å². The largest absolute Gasteiger partial charge is 0.377 e. The van der Waals surface area contributed by atoms with Crippen molar-refractivity contribution in [1.29, 1.82) is 0 Å². The van der Waals surface area contributed by atoms with Gasteiger partial charge in [-0.1, -0.05) is 11.6 Å². The molecule has 1 aromatic rings. The second-order valence-corrected chi connectivity index (χ2v) is 3.38. The van der Waals surface area contributed by atoms with Crippen LogP contribution in [0.15, 0.2) is 6.20 Å². The normalized spacial score (nSPS) is 10.1. The fraction of sp³-hybridized carbons (Fsp3) is 0.333. The van der Waals surface area contributed by atoms with E-state index in [4.69, 9.17) is 16.3 Å². The Bertz CT molecular complexity index is 256. The van der Waals surface area contributed by atoms with E-state index in [-0.39, 0.29) is 0 Å². The lowest BCUT2D eigenvalue weighted by atomic mass is 10.6. The first kappa shape index (κ1) is 9.15. The summed E-state index contributed by atoms with van der Waals surface area (Å²) in [5, 5.41) is 0.479. The zero-order chi connectivity index (χ0) is 8.27. The zero-order valence-electron chi connectivity index (χ0n) is 5.84. The highest BCUT2D eigenvalue weighted by Crippen LogP contribution is 2.13. The van der Waals surface area contributed by atoms with E-state index in [1.54, 1.807) is 13.3 Å². The summed E-state index contributed by atoms with van der Waals surface area (Å²) in [5.74, 6) is 0.609. The number of ether oxygens (including phenoxy) is 1. The number of methoxy groups -OCH3 is 1. The van der Waals surface area contributed by atoms with Crippen LogP contribution in [0.1, 0.15) is 5.82 Å². The van der Waals surface area contributed by atoms with E-state index in [2.05, 4.69) is 32.6 Å². The first-order valence-corrected chi connectivity index (χ1v) is 4.35. The Kier molecular flexibility index (Phi) is 3.47. The van der Waals surface area contributed by atoms with Crippen LogP contribution in [0.2, 0.25) is 5.15 Å². The topological polar surface area (TPSA) is 35.0 Å². The third-order valence-electron chi connectivity index (χ3n) is 1.02. The predicted molar refractivity (Wildman–Crippen MR) is 50.5 cm³/mol. The highest BCUT2D eigenvalue weighted by molar-refractivity contribution is 14.1. The van der Waals surface area contributed by atoms with E-state index in [0.29, 0.717) is 17.6 Å². The van der Waals surface area contributed by atoms with Crippen LogP contribution in [-0.2, 0) is 11.3 Å². The molecule has 1 heterocycles. The molecule has 0 amide bonds. The minimum Gasteiger partial charge on any atom is -0.377 e. The number of rotatable bonds is 2. The molecule has 0 unspecified atom stereocenters. The lowest BCUT2D eigenvalue weighted by Crippen LogP contribution is -1.97. The van der Waals surface area contributed by atoms with Gasteiger partial charge in [-0.05, 0) is 22.6 Å². The second kappa shape index (κ2) is 4.18. The summed E-state index contributed by atoms with van der Waals surface area (Å²) in [5.41, 5.74) is 0. The van der Waals surface area contributed by atoms with Crippen LogP contribution < -0.4 is 0 Å². The van der Waals surface area contributed by atoms with E-state index < -0.39 is 0 Å². The Labute approximate surface area is 83.3 Å². The molecule has 0 atom stereocenters. The number of hydrogen-bond acceptors (Lipinski definition) is 3. The quantitative estimate of drug-likeness (QED) is 0.614. The van der Waals surface area contributed by atoms with Crippen LogP contribution in [0.4, 0.5) is 0 Å². The standard InChI is InChI=1S/C6H6ClIN2O/c1-11-3-5-9-2-4(8)6(7)10-5/h2H,3H2,1H3. The lowest BCUT2D eigenvalue weighted by molar-refractivity contribution is 0.177. The molecule has 0 aliphatic rings. The molecule has 0 aliphatic heterocycles. The van der Waals surface area contributed by atoms with Crippen LogP contribution in [0, 0.1) is 3.57 Å². The molecule has 0 fully saturated rings. The highest BCUT2D eigenvalue weighted by Gasteiger charge is 2.00. The Balaban J connectivity index is 2.86. The Hall–Kier alpha value is 0.0600. The van der Waals surface area contributed by atoms with Gasteiger partial charge in [-0.3, -0.25) is 0 Å². The molecule has 0 saturated heterocycles. The van der Waals surface area contributed by atoms with Gasteiger partial charge in [0.25, 0.3) is 0 Å². The molecule has 0 aliphatic carbocycles. The molecule has 0 radical (unpaired) electrons. The average molecular weight is 284 g/mol. The van der Waals surface area contributed by atoms with Crippen molar-refractivity contribution < 1.29 is 4.74 Å². The summed E-state index contributed by atoms with van der Waals surface area (Å²) < 4.78 is 5.69. The number of nitrogens with zero attached hydrogens (tertiary/aromatic N) is 2. The van der Waals surface area contributed by atoms with Gasteiger partial charge in [0.15, 0.2) is 5.82 Å². The van der Waals surface area contributed by atoms with Crippen LogP contribution in [0.5, 0.6) is 0 Å². The van der Waals surface area contributed by atoms with E-state index in [9.17, 15) is 0 Å². The number of halogens is 2. The Morgan fingerprint density at radius 2 is 2.45 bits per heavy atom. The summed E-state index contributed by atoms with van der Waals surface area (Å²) in [4.78, 5) is 7.99. The predicted octanol–water partition coefficient (Wildman–Crippen LogP) is 1.88. The molecule has 0 aromatic carbocycles. The van der Waals surface area contributed by atoms with Crippen molar-refractivity contribution in [3.63, 3.8) is 0 Å². The summed E-state index contributed by atoms with van der Waals surface area (Å²) in [6, 6.07) is 0. The number of hydrogen-bond donors (Lipinski definition) is 0. The highest BCUT2D eigenvalue weighted by atomic mass is 127. The SMILES string of the molecule is COCc1ncc(I)c(Cl)n1. The monoisotopic (exact) mass is 284 g/mol. The molecule has 1 aromatic heterocycles. The van der Waals surface area contributed by atoms with Gasteiger partial charge in [-0.15, -0.1) is 0 Å². The van der Waals surface area contributed by atoms with Crippen molar-refractivity contribution >= 4 is 34.2 Å². The zero-order valence-corrected chi connectivity index (χ0v) is 8.76. The maximum Gasteiger partial charge on any atom is 0.155 e. The van der Waals surface area contributed by atoms with E-state index in [0.717, 1.165) is 3.57 Å². The van der Waals surface area contributed by atoms with Crippen molar-refractivity contribution in [2.24, 2.45) is 0 Å². The minimum atomic E-state index is 0.399. The molecule has 0 saturated carbocycles. The molecule has 0 bridgehead atoms. The van der Waals surface area contributed by atoms with Crippen LogP contribution in [-0.4, -0.2) is 17.1 Å². The third kappa shape index (κ3) is 2.53. The first-order valence-electron chi connectivity index (χ1n) is 2.90. The van der Waals surface area contributed by atoms with Gasteiger partial charge in [0.05, 0.1) is 3.57 Å². The van der Waals surface area contributed by atoms with Crippen LogP contribution >= 0.6 is 34.2 Å². The average Bonchev–Trinajstić information content (AvgIpc) is 1.98. The van der Waals surface area contributed by atoms with Gasteiger partial charge in [-0.25, -0.2) is 9.97 Å². The van der Waals surface area contributed by atoms with Crippen molar-refractivity contribution in [3.05, 3.63) is 20.7 Å². The van der Waals surface area contributed by atoms with Crippen molar-refractivity contribution in [2.45, 2.75) is 6.61 Å². The molecule has 3 nitrogen and oxygen atoms in total. The molecular weight excluding hydrogens is 278 g/mol. The van der Waals surface area contributed by atoms with Crippen molar-refractivity contribution in [2.75, 3.05) is 7.11 Å². The fourth-order valence-corrected chi connectivity index (χ4v) is 0.985. The van der Waals surface area contributed by atoms with Gasteiger partial charge in [-0.2, -0.15) is 0 Å². The van der Waals surface area contributed by atoms with Crippen LogP contribution in [0.25, 0.3) is 0 Å². The molecule has 0 N–H and O–H groups in total. The van der Waals surface area contributed by atoms with Gasteiger partial charge >= 0.3 is 0 Å². The van der Waals surface area contributed by atoms with Gasteiger partial charge in [0.1, 0.15) is 11.8 Å². The van der Waals surface area contributed by atoms with E-state index in [1.165, 1.54) is 0 Å². The third-order valence-corrected chi connectivity index (χ3v) is 2.42.